The van der Waals surface area contributed by atoms with E-state index in [0.29, 0.717) is 5.39 Å². The Labute approximate surface area is 129 Å². The van der Waals surface area contributed by atoms with Crippen LogP contribution >= 0.6 is 0 Å². The van der Waals surface area contributed by atoms with Gasteiger partial charge in [0.05, 0.1) is 16.9 Å². The molecule has 0 saturated carbocycles. The molecule has 2 rings (SSSR count). The predicted molar refractivity (Wildman–Crippen MR) is 84.9 cm³/mol. The Morgan fingerprint density at radius 3 is 2.45 bits per heavy atom. The number of aromatic nitrogens is 1. The Kier molecular flexibility index (Phi) is 7.21. The lowest BCUT2D eigenvalue weighted by atomic mass is 10.2. The number of aromatic hydroxyl groups is 1. The van der Waals surface area contributed by atoms with Crippen LogP contribution in [0.2, 0.25) is 0 Å². The van der Waals surface area contributed by atoms with Crippen LogP contribution in [0.1, 0.15) is 13.8 Å². The van der Waals surface area contributed by atoms with Crippen molar-refractivity contribution < 1.29 is 15.1 Å². The Bertz CT molecular complexity index is 615. The molecule has 2 N–H and O–H groups in total. The van der Waals surface area contributed by atoms with Gasteiger partial charge in [0.2, 0.25) is 0 Å². The summed E-state index contributed by atoms with van der Waals surface area (Å²) in [7, 11) is 0. The lowest BCUT2D eigenvalue weighted by Gasteiger charge is -2.15. The molecule has 1 heterocycles. The van der Waals surface area contributed by atoms with Gasteiger partial charge in [-0.1, -0.05) is 13.8 Å². The van der Waals surface area contributed by atoms with Crippen molar-refractivity contribution in [2.45, 2.75) is 13.8 Å². The van der Waals surface area contributed by atoms with Crippen molar-refractivity contribution >= 4 is 16.6 Å². The second-order valence-corrected chi connectivity index (χ2v) is 4.51. The fourth-order valence-corrected chi connectivity index (χ4v) is 1.98. The summed E-state index contributed by atoms with van der Waals surface area (Å²) in [4.78, 5) is 16.2. The highest BCUT2D eigenvalue weighted by molar-refractivity contribution is 5.91. The van der Waals surface area contributed by atoms with E-state index in [1.54, 1.807) is 12.1 Å². The summed E-state index contributed by atoms with van der Waals surface area (Å²) >= 11 is 0. The van der Waals surface area contributed by atoms with Crippen LogP contribution < -0.4 is 0 Å². The van der Waals surface area contributed by atoms with E-state index in [9.17, 15) is 15.2 Å². The summed E-state index contributed by atoms with van der Waals surface area (Å²) in [6.45, 7) is 7.36. The van der Waals surface area contributed by atoms with E-state index in [0.717, 1.165) is 19.6 Å². The number of aliphatic hydroxyl groups is 1. The zero-order valence-electron chi connectivity index (χ0n) is 12.8. The van der Waals surface area contributed by atoms with Crippen molar-refractivity contribution in [1.82, 2.24) is 9.88 Å². The number of likely N-dealkylation sites (N-methyl/N-ethyl adjacent to an activating group) is 1. The summed E-state index contributed by atoms with van der Waals surface area (Å²) in [5.41, 5.74) is 0.201. The van der Waals surface area contributed by atoms with Gasteiger partial charge < -0.3 is 15.1 Å². The first-order chi connectivity index (χ1) is 10.5. The van der Waals surface area contributed by atoms with Crippen LogP contribution in [0.3, 0.4) is 0 Å². The number of nitrogens with zero attached hydrogens (tertiary/aromatic N) is 3. The normalized spacial score (nSPS) is 10.4. The van der Waals surface area contributed by atoms with Crippen LogP contribution in [-0.4, -0.2) is 51.3 Å². The second kappa shape index (κ2) is 8.91. The van der Waals surface area contributed by atoms with Crippen molar-refractivity contribution in [1.29, 1.82) is 0 Å². The van der Waals surface area contributed by atoms with Crippen LogP contribution in [-0.2, 0) is 0 Å². The number of non-ortho nitro benzene ring substituents is 1. The molecule has 0 aliphatic heterocycles. The van der Waals surface area contributed by atoms with Crippen LogP contribution in [0, 0.1) is 10.1 Å². The Hall–Kier alpha value is -2.25. The maximum Gasteiger partial charge on any atom is 0.279 e. The van der Waals surface area contributed by atoms with Gasteiger partial charge in [-0.05, 0) is 31.3 Å². The molecule has 1 aromatic heterocycles. The monoisotopic (exact) mass is 307 g/mol. The van der Waals surface area contributed by atoms with Crippen molar-refractivity contribution in [3.05, 3.63) is 40.6 Å². The van der Waals surface area contributed by atoms with Crippen molar-refractivity contribution in [3.8, 4) is 5.75 Å². The van der Waals surface area contributed by atoms with Gasteiger partial charge in [0.25, 0.3) is 5.69 Å². The van der Waals surface area contributed by atoms with Gasteiger partial charge in [0, 0.05) is 18.8 Å². The fraction of sp³-hybridized carbons (Fsp3) is 0.400. The standard InChI is InChI=1S/C9H6N2O3.C6H15NO/c12-8-4-3-7(11(13)14)6-2-1-5-10-9(6)8;1-3-7(4-2)5-6-8/h1-5,12H;8H,3-6H2,1-2H3. The summed E-state index contributed by atoms with van der Waals surface area (Å²) in [6, 6.07) is 5.68. The minimum atomic E-state index is -0.497. The lowest BCUT2D eigenvalue weighted by Crippen LogP contribution is -2.25. The number of rotatable bonds is 5. The number of hydrogen-bond acceptors (Lipinski definition) is 6. The van der Waals surface area contributed by atoms with Gasteiger partial charge in [-0.2, -0.15) is 0 Å². The van der Waals surface area contributed by atoms with Crippen molar-refractivity contribution in [2.24, 2.45) is 0 Å². The van der Waals surface area contributed by atoms with Crippen LogP contribution in [0.15, 0.2) is 30.5 Å². The summed E-state index contributed by atoms with van der Waals surface area (Å²) < 4.78 is 0. The largest absolute Gasteiger partial charge is 0.506 e. The molecule has 1 aromatic carbocycles. The summed E-state index contributed by atoms with van der Waals surface area (Å²) in [6.07, 6.45) is 1.48. The molecule has 22 heavy (non-hydrogen) atoms. The molecule has 0 radical (unpaired) electrons. The molecule has 0 aliphatic carbocycles. The predicted octanol–water partition coefficient (Wildman–Crippen LogP) is 2.17. The number of benzene rings is 1. The van der Waals surface area contributed by atoms with E-state index in [1.807, 2.05) is 0 Å². The van der Waals surface area contributed by atoms with Crippen LogP contribution in [0.25, 0.3) is 10.9 Å². The van der Waals surface area contributed by atoms with Gasteiger partial charge in [-0.15, -0.1) is 0 Å². The molecule has 0 spiro atoms. The molecule has 120 valence electrons. The Morgan fingerprint density at radius 2 is 1.95 bits per heavy atom. The number of pyridine rings is 1. The fourth-order valence-electron chi connectivity index (χ4n) is 1.98. The first-order valence-electron chi connectivity index (χ1n) is 7.09. The zero-order valence-corrected chi connectivity index (χ0v) is 12.8. The van der Waals surface area contributed by atoms with E-state index < -0.39 is 4.92 Å². The molecule has 0 atom stereocenters. The van der Waals surface area contributed by atoms with E-state index in [2.05, 4.69) is 23.7 Å². The first-order valence-corrected chi connectivity index (χ1v) is 7.09. The first kappa shape index (κ1) is 17.8. The lowest BCUT2D eigenvalue weighted by molar-refractivity contribution is -0.383. The number of phenols is 1. The van der Waals surface area contributed by atoms with E-state index in [1.165, 1.54) is 18.3 Å². The third-order valence-electron chi connectivity index (χ3n) is 3.23. The number of fused-ring (bicyclic) bond motifs is 1. The molecule has 0 fully saturated rings. The number of aliphatic hydroxyl groups excluding tert-OH is 1. The average Bonchev–Trinajstić information content (AvgIpc) is 2.53. The molecule has 7 heteroatoms. The number of phenolic OH excluding ortho intramolecular Hbond substituents is 1. The molecule has 2 aromatic rings. The highest BCUT2D eigenvalue weighted by atomic mass is 16.6. The molecule has 0 unspecified atom stereocenters. The molecule has 0 saturated heterocycles. The zero-order chi connectivity index (χ0) is 16.5. The molecule has 0 bridgehead atoms. The van der Waals surface area contributed by atoms with Gasteiger partial charge in [0.15, 0.2) is 0 Å². The van der Waals surface area contributed by atoms with Crippen LogP contribution in [0.4, 0.5) is 5.69 Å². The molecule has 7 nitrogen and oxygen atoms in total. The van der Waals surface area contributed by atoms with E-state index >= 15 is 0 Å². The quantitative estimate of drug-likeness (QED) is 0.648. The minimum Gasteiger partial charge on any atom is -0.506 e. The third-order valence-corrected chi connectivity index (χ3v) is 3.23. The second-order valence-electron chi connectivity index (χ2n) is 4.51. The van der Waals surface area contributed by atoms with Crippen molar-refractivity contribution in [2.75, 3.05) is 26.2 Å². The Morgan fingerprint density at radius 1 is 1.27 bits per heavy atom. The Balaban J connectivity index is 0.000000261. The molecular formula is C15H21N3O4. The molecule has 0 amide bonds. The average molecular weight is 307 g/mol. The van der Waals surface area contributed by atoms with Gasteiger partial charge in [0.1, 0.15) is 11.3 Å². The number of nitro benzene ring substituents is 1. The topological polar surface area (TPSA) is 99.7 Å². The minimum absolute atomic E-state index is 0.0498. The van der Waals surface area contributed by atoms with Crippen molar-refractivity contribution in [3.63, 3.8) is 0 Å². The third kappa shape index (κ3) is 4.64. The molecular weight excluding hydrogens is 286 g/mol. The SMILES string of the molecule is CCN(CC)CCO.O=[N+]([O-])c1ccc(O)c2ncccc12. The maximum atomic E-state index is 10.6. The van der Waals surface area contributed by atoms with E-state index in [4.69, 9.17) is 5.11 Å². The summed E-state index contributed by atoms with van der Waals surface area (Å²) in [5, 5.41) is 28.8. The smallest absolute Gasteiger partial charge is 0.279 e. The molecule has 0 aliphatic rings. The maximum absolute atomic E-state index is 10.6. The van der Waals surface area contributed by atoms with E-state index in [-0.39, 0.29) is 23.6 Å². The number of nitro groups is 1. The van der Waals surface area contributed by atoms with Gasteiger partial charge >= 0.3 is 0 Å². The van der Waals surface area contributed by atoms with Gasteiger partial charge in [-0.3, -0.25) is 15.1 Å². The highest BCUT2D eigenvalue weighted by Crippen LogP contribution is 2.29. The van der Waals surface area contributed by atoms with Gasteiger partial charge in [-0.25, -0.2) is 0 Å². The number of hydrogen-bond donors (Lipinski definition) is 2. The van der Waals surface area contributed by atoms with Crippen LogP contribution in [0.5, 0.6) is 5.75 Å². The highest BCUT2D eigenvalue weighted by Gasteiger charge is 2.13. The summed E-state index contributed by atoms with van der Waals surface area (Å²) in [5.74, 6) is -0.0498.